The summed E-state index contributed by atoms with van der Waals surface area (Å²) in [5, 5.41) is 2.43. The van der Waals surface area contributed by atoms with E-state index in [1.165, 1.54) is 31.2 Å². The lowest BCUT2D eigenvalue weighted by molar-refractivity contribution is -0.713. The van der Waals surface area contributed by atoms with E-state index in [0.717, 1.165) is 12.3 Å². The Morgan fingerprint density at radius 3 is 2.50 bits per heavy atom. The molecule has 0 radical (unpaired) electrons. The maximum absolute atomic E-state index is 5.58. The summed E-state index contributed by atoms with van der Waals surface area (Å²) in [5.74, 6) is 0.922. The first-order valence-electron chi connectivity index (χ1n) is 6.82. The fraction of sp³-hybridized carbons (Fsp3) is 0.600. The summed E-state index contributed by atoms with van der Waals surface area (Å²) in [5.41, 5.74) is 1.34. The zero-order valence-electron chi connectivity index (χ0n) is 11.4. The molecule has 0 aliphatic heterocycles. The Kier molecular flexibility index (Phi) is 5.02. The zero-order chi connectivity index (χ0) is 12.8. The van der Waals surface area contributed by atoms with Crippen LogP contribution in [0.1, 0.15) is 31.2 Å². The van der Waals surface area contributed by atoms with Crippen LogP contribution in [0.25, 0.3) is 0 Å². The summed E-state index contributed by atoms with van der Waals surface area (Å²) in [7, 11) is 3.54. The molecule has 0 unspecified atom stereocenters. The summed E-state index contributed by atoms with van der Waals surface area (Å²) >= 11 is 0. The number of nitrogens with two attached hydrogens (primary N) is 1. The van der Waals surface area contributed by atoms with Crippen molar-refractivity contribution in [2.24, 2.45) is 0 Å². The molecule has 2 atom stereocenters. The van der Waals surface area contributed by atoms with Crippen LogP contribution in [-0.4, -0.2) is 26.4 Å². The molecule has 1 aromatic rings. The van der Waals surface area contributed by atoms with E-state index in [4.69, 9.17) is 9.47 Å². The molecule has 0 spiro atoms. The molecule has 1 saturated carbocycles. The number of benzene rings is 1. The predicted octanol–water partition coefficient (Wildman–Crippen LogP) is 1.72. The average molecular weight is 250 g/mol. The summed E-state index contributed by atoms with van der Waals surface area (Å²) in [4.78, 5) is 0. The molecule has 1 aliphatic carbocycles. The van der Waals surface area contributed by atoms with Crippen LogP contribution in [0, 0.1) is 0 Å². The highest BCUT2D eigenvalue weighted by Crippen LogP contribution is 2.18. The number of methoxy groups -OCH3 is 2. The standard InChI is InChI=1S/C15H23NO2/c1-17-13-9-7-12(8-10-13)11-16-14-5-3-4-6-15(14)18-2/h7-10,14-16H,3-6,11H2,1-2H3/p+1/t14-,15+/m1/s1. The fourth-order valence-electron chi connectivity index (χ4n) is 2.74. The molecule has 1 aromatic carbocycles. The van der Waals surface area contributed by atoms with Gasteiger partial charge in [-0.1, -0.05) is 6.42 Å². The Morgan fingerprint density at radius 2 is 1.83 bits per heavy atom. The van der Waals surface area contributed by atoms with E-state index in [1.54, 1.807) is 7.11 Å². The van der Waals surface area contributed by atoms with Gasteiger partial charge in [0.15, 0.2) is 0 Å². The number of hydrogen-bond acceptors (Lipinski definition) is 2. The minimum atomic E-state index is 0.428. The van der Waals surface area contributed by atoms with Gasteiger partial charge in [0.05, 0.1) is 7.11 Å². The maximum Gasteiger partial charge on any atom is 0.118 e. The fourth-order valence-corrected chi connectivity index (χ4v) is 2.74. The Balaban J connectivity index is 1.85. The van der Waals surface area contributed by atoms with Crippen molar-refractivity contribution in [1.82, 2.24) is 0 Å². The highest BCUT2D eigenvalue weighted by molar-refractivity contribution is 5.26. The largest absolute Gasteiger partial charge is 0.497 e. The number of quaternary nitrogens is 1. The molecule has 100 valence electrons. The third kappa shape index (κ3) is 3.47. The van der Waals surface area contributed by atoms with Crippen molar-refractivity contribution in [2.75, 3.05) is 14.2 Å². The first-order chi connectivity index (χ1) is 8.83. The number of hydrogen-bond donors (Lipinski definition) is 1. The Hall–Kier alpha value is -1.06. The molecule has 0 heterocycles. The lowest BCUT2D eigenvalue weighted by atomic mass is 9.92. The van der Waals surface area contributed by atoms with Gasteiger partial charge in [0.1, 0.15) is 24.4 Å². The molecule has 3 heteroatoms. The van der Waals surface area contributed by atoms with Gasteiger partial charge in [-0.25, -0.2) is 0 Å². The van der Waals surface area contributed by atoms with Crippen molar-refractivity contribution in [3.05, 3.63) is 29.8 Å². The minimum absolute atomic E-state index is 0.428. The van der Waals surface area contributed by atoms with E-state index < -0.39 is 0 Å². The number of ether oxygens (including phenoxy) is 2. The second kappa shape index (κ2) is 6.76. The van der Waals surface area contributed by atoms with Crippen molar-refractivity contribution >= 4 is 0 Å². The smallest absolute Gasteiger partial charge is 0.118 e. The van der Waals surface area contributed by atoms with Gasteiger partial charge in [0.2, 0.25) is 0 Å². The Morgan fingerprint density at radius 1 is 1.11 bits per heavy atom. The van der Waals surface area contributed by atoms with Crippen LogP contribution in [0.3, 0.4) is 0 Å². The lowest BCUT2D eigenvalue weighted by Crippen LogP contribution is -2.91. The van der Waals surface area contributed by atoms with E-state index in [1.807, 2.05) is 19.2 Å². The lowest BCUT2D eigenvalue weighted by Gasteiger charge is -2.28. The van der Waals surface area contributed by atoms with Gasteiger partial charge in [-0.15, -0.1) is 0 Å². The second-order valence-electron chi connectivity index (χ2n) is 5.01. The molecule has 2 rings (SSSR count). The maximum atomic E-state index is 5.58. The van der Waals surface area contributed by atoms with Crippen LogP contribution in [0.15, 0.2) is 24.3 Å². The normalized spacial score (nSPS) is 23.9. The van der Waals surface area contributed by atoms with Crippen LogP contribution in [0.2, 0.25) is 0 Å². The van der Waals surface area contributed by atoms with Gasteiger partial charge in [0.25, 0.3) is 0 Å². The van der Waals surface area contributed by atoms with Gasteiger partial charge < -0.3 is 14.8 Å². The van der Waals surface area contributed by atoms with Crippen LogP contribution in [0.5, 0.6) is 5.75 Å². The molecule has 1 aliphatic rings. The highest BCUT2D eigenvalue weighted by atomic mass is 16.5. The van der Waals surface area contributed by atoms with Crippen LogP contribution < -0.4 is 10.1 Å². The highest BCUT2D eigenvalue weighted by Gasteiger charge is 2.27. The zero-order valence-corrected chi connectivity index (χ0v) is 11.4. The number of rotatable bonds is 5. The van der Waals surface area contributed by atoms with E-state index in [2.05, 4.69) is 17.4 Å². The second-order valence-corrected chi connectivity index (χ2v) is 5.01. The van der Waals surface area contributed by atoms with Crippen molar-refractivity contribution in [2.45, 2.75) is 44.4 Å². The first kappa shape index (κ1) is 13.4. The molecule has 0 aromatic heterocycles. The van der Waals surface area contributed by atoms with Gasteiger partial charge in [-0.05, 0) is 37.1 Å². The summed E-state index contributed by atoms with van der Waals surface area (Å²) in [6.45, 7) is 1.02. The van der Waals surface area contributed by atoms with E-state index in [-0.39, 0.29) is 0 Å². The first-order valence-corrected chi connectivity index (χ1v) is 6.82. The molecular formula is C15H24NO2+. The van der Waals surface area contributed by atoms with Crippen molar-refractivity contribution in [3.8, 4) is 5.75 Å². The van der Waals surface area contributed by atoms with E-state index in [9.17, 15) is 0 Å². The molecule has 0 bridgehead atoms. The average Bonchev–Trinajstić information content (AvgIpc) is 2.46. The predicted molar refractivity (Wildman–Crippen MR) is 71.7 cm³/mol. The van der Waals surface area contributed by atoms with Crippen molar-refractivity contribution in [3.63, 3.8) is 0 Å². The Bertz CT molecular complexity index is 350. The molecular weight excluding hydrogens is 226 g/mol. The van der Waals surface area contributed by atoms with E-state index in [0.29, 0.717) is 12.1 Å². The van der Waals surface area contributed by atoms with Crippen LogP contribution in [-0.2, 0) is 11.3 Å². The minimum Gasteiger partial charge on any atom is -0.497 e. The van der Waals surface area contributed by atoms with Gasteiger partial charge in [-0.2, -0.15) is 0 Å². The summed E-state index contributed by atoms with van der Waals surface area (Å²) < 4.78 is 10.7. The van der Waals surface area contributed by atoms with Crippen molar-refractivity contribution < 1.29 is 14.8 Å². The molecule has 0 saturated heterocycles. The monoisotopic (exact) mass is 250 g/mol. The topological polar surface area (TPSA) is 35.1 Å². The Labute approximate surface area is 109 Å². The molecule has 1 fully saturated rings. The van der Waals surface area contributed by atoms with Crippen LogP contribution >= 0.6 is 0 Å². The molecule has 2 N–H and O–H groups in total. The van der Waals surface area contributed by atoms with Gasteiger partial charge >= 0.3 is 0 Å². The molecule has 18 heavy (non-hydrogen) atoms. The summed E-state index contributed by atoms with van der Waals surface area (Å²) in [6.07, 6.45) is 5.56. The van der Waals surface area contributed by atoms with Crippen molar-refractivity contribution in [1.29, 1.82) is 0 Å². The third-order valence-corrected chi connectivity index (χ3v) is 3.87. The van der Waals surface area contributed by atoms with Crippen LogP contribution in [0.4, 0.5) is 0 Å². The molecule has 3 nitrogen and oxygen atoms in total. The van der Waals surface area contributed by atoms with Gasteiger partial charge in [0, 0.05) is 19.1 Å². The van der Waals surface area contributed by atoms with E-state index >= 15 is 0 Å². The quantitative estimate of drug-likeness (QED) is 0.863. The third-order valence-electron chi connectivity index (χ3n) is 3.87. The van der Waals surface area contributed by atoms with Gasteiger partial charge in [-0.3, -0.25) is 0 Å². The SMILES string of the molecule is COc1ccc(C[NH2+][C@@H]2CCCC[C@@H]2OC)cc1. The molecule has 0 amide bonds. The summed E-state index contributed by atoms with van der Waals surface area (Å²) in [6, 6.07) is 8.95.